The standard InChI is InChI=1S/C21H17F3N2OS/c1-20(2,19-25-15-10-6-7-11-16(15)28-19)26-12-14(21(22,23)24)17(18(26)27)13-8-4-3-5-9-13/h3-11H,12H2,1-2H3. The molecule has 0 N–H and O–H groups in total. The normalized spacial score (nSPS) is 15.8. The van der Waals surface area contributed by atoms with Crippen molar-refractivity contribution in [2.45, 2.75) is 25.6 Å². The van der Waals surface area contributed by atoms with Crippen molar-refractivity contribution in [1.29, 1.82) is 0 Å². The predicted molar refractivity (Wildman–Crippen MR) is 104 cm³/mol. The van der Waals surface area contributed by atoms with Crippen LogP contribution in [0, 0.1) is 0 Å². The van der Waals surface area contributed by atoms with Crippen molar-refractivity contribution in [3.05, 3.63) is 70.7 Å². The van der Waals surface area contributed by atoms with E-state index in [0.717, 1.165) is 10.2 Å². The number of rotatable bonds is 3. The van der Waals surface area contributed by atoms with E-state index in [9.17, 15) is 18.0 Å². The van der Waals surface area contributed by atoms with Gasteiger partial charge in [0.2, 0.25) is 0 Å². The fourth-order valence-electron chi connectivity index (χ4n) is 3.41. The number of carbonyl (C=O) groups is 1. The SMILES string of the molecule is CC(C)(c1nc2ccccc2s1)N1CC(C(F)(F)F)=C(c2ccccc2)C1=O. The molecule has 144 valence electrons. The third kappa shape index (κ3) is 2.99. The minimum atomic E-state index is -4.58. The number of amides is 1. The molecule has 28 heavy (non-hydrogen) atoms. The lowest BCUT2D eigenvalue weighted by atomic mass is 10.0. The number of hydrogen-bond donors (Lipinski definition) is 0. The molecule has 0 unspecified atom stereocenters. The summed E-state index contributed by atoms with van der Waals surface area (Å²) >= 11 is 1.39. The lowest BCUT2D eigenvalue weighted by Gasteiger charge is -2.34. The Morgan fingerprint density at radius 2 is 1.64 bits per heavy atom. The average molecular weight is 402 g/mol. The highest BCUT2D eigenvalue weighted by molar-refractivity contribution is 7.18. The van der Waals surface area contributed by atoms with Crippen LogP contribution in [0.4, 0.5) is 13.2 Å². The van der Waals surface area contributed by atoms with E-state index in [1.807, 2.05) is 24.3 Å². The Morgan fingerprint density at radius 3 is 2.29 bits per heavy atom. The number of alkyl halides is 3. The first-order chi connectivity index (χ1) is 13.2. The zero-order chi connectivity index (χ0) is 20.1. The first-order valence-corrected chi connectivity index (χ1v) is 9.55. The molecule has 0 fully saturated rings. The summed E-state index contributed by atoms with van der Waals surface area (Å²) in [5.74, 6) is -0.622. The van der Waals surface area contributed by atoms with E-state index >= 15 is 0 Å². The molecule has 0 bridgehead atoms. The first kappa shape index (κ1) is 18.7. The third-order valence-electron chi connectivity index (χ3n) is 4.97. The molecule has 0 radical (unpaired) electrons. The van der Waals surface area contributed by atoms with Gasteiger partial charge in [0.1, 0.15) is 5.01 Å². The van der Waals surface area contributed by atoms with Gasteiger partial charge in [0.05, 0.1) is 33.4 Å². The van der Waals surface area contributed by atoms with E-state index in [2.05, 4.69) is 4.98 Å². The molecular formula is C21H17F3N2OS. The van der Waals surface area contributed by atoms with Crippen molar-refractivity contribution in [3.8, 4) is 0 Å². The molecule has 2 heterocycles. The number of halogens is 3. The molecular weight excluding hydrogens is 385 g/mol. The number of carbonyl (C=O) groups excluding carboxylic acids is 1. The summed E-state index contributed by atoms with van der Waals surface area (Å²) in [6.07, 6.45) is -4.58. The fraction of sp³-hybridized carbons (Fsp3) is 0.238. The second kappa shape index (κ2) is 6.44. The average Bonchev–Trinajstić information content (AvgIpc) is 3.24. The van der Waals surface area contributed by atoms with E-state index in [1.54, 1.807) is 32.0 Å². The number of nitrogens with zero attached hydrogens (tertiary/aromatic N) is 2. The van der Waals surface area contributed by atoms with Crippen molar-refractivity contribution < 1.29 is 18.0 Å². The minimum absolute atomic E-state index is 0.276. The highest BCUT2D eigenvalue weighted by Gasteiger charge is 2.49. The maximum atomic E-state index is 13.8. The Hall–Kier alpha value is -2.67. The van der Waals surface area contributed by atoms with Crippen LogP contribution in [0.5, 0.6) is 0 Å². The summed E-state index contributed by atoms with van der Waals surface area (Å²) in [6, 6.07) is 15.5. The summed E-state index contributed by atoms with van der Waals surface area (Å²) in [5, 5.41) is 0.609. The lowest BCUT2D eigenvalue weighted by Crippen LogP contribution is -2.43. The van der Waals surface area contributed by atoms with Crippen molar-refractivity contribution >= 4 is 33.0 Å². The number of para-hydroxylation sites is 1. The van der Waals surface area contributed by atoms with Gasteiger partial charge in [0.25, 0.3) is 5.91 Å². The number of thiazole rings is 1. The molecule has 0 spiro atoms. The summed E-state index contributed by atoms with van der Waals surface area (Å²) in [7, 11) is 0. The van der Waals surface area contributed by atoms with E-state index in [0.29, 0.717) is 5.01 Å². The van der Waals surface area contributed by atoms with E-state index in [4.69, 9.17) is 0 Å². The molecule has 4 rings (SSSR count). The van der Waals surface area contributed by atoms with Crippen LogP contribution in [0.1, 0.15) is 24.4 Å². The predicted octanol–water partition coefficient (Wildman–Crippen LogP) is 5.39. The summed E-state index contributed by atoms with van der Waals surface area (Å²) in [4.78, 5) is 19.0. The lowest BCUT2D eigenvalue weighted by molar-refractivity contribution is -0.129. The second-order valence-electron chi connectivity index (χ2n) is 7.15. The van der Waals surface area contributed by atoms with Gasteiger partial charge in [-0.2, -0.15) is 13.2 Å². The van der Waals surface area contributed by atoms with Crippen LogP contribution >= 0.6 is 11.3 Å². The Balaban J connectivity index is 1.78. The zero-order valence-corrected chi connectivity index (χ0v) is 16.1. The molecule has 0 aliphatic carbocycles. The maximum Gasteiger partial charge on any atom is 0.415 e. The maximum absolute atomic E-state index is 13.8. The summed E-state index contributed by atoms with van der Waals surface area (Å²) in [6.45, 7) is 2.99. The molecule has 3 aromatic rings. The van der Waals surface area contributed by atoms with Crippen molar-refractivity contribution in [1.82, 2.24) is 9.88 Å². The summed E-state index contributed by atoms with van der Waals surface area (Å²) in [5.41, 5.74) is -1.01. The van der Waals surface area contributed by atoms with Crippen molar-refractivity contribution in [2.24, 2.45) is 0 Å². The fourth-order valence-corrected chi connectivity index (χ4v) is 4.48. The Bertz CT molecular complexity index is 1050. The molecule has 7 heteroatoms. The van der Waals surface area contributed by atoms with Gasteiger partial charge < -0.3 is 4.90 Å². The zero-order valence-electron chi connectivity index (χ0n) is 15.2. The van der Waals surface area contributed by atoms with Crippen molar-refractivity contribution in [2.75, 3.05) is 6.54 Å². The smallest absolute Gasteiger partial charge is 0.323 e. The largest absolute Gasteiger partial charge is 0.415 e. The monoisotopic (exact) mass is 402 g/mol. The van der Waals surface area contributed by atoms with Gasteiger partial charge in [-0.15, -0.1) is 11.3 Å². The molecule has 0 saturated heterocycles. The van der Waals surface area contributed by atoms with Crippen LogP contribution in [0.2, 0.25) is 0 Å². The van der Waals surface area contributed by atoms with Crippen LogP contribution in [-0.2, 0) is 10.3 Å². The third-order valence-corrected chi connectivity index (χ3v) is 6.32. The molecule has 2 aromatic carbocycles. The van der Waals surface area contributed by atoms with Crippen LogP contribution in [0.3, 0.4) is 0 Å². The Morgan fingerprint density at radius 1 is 1.00 bits per heavy atom. The highest BCUT2D eigenvalue weighted by atomic mass is 32.1. The molecule has 1 aliphatic rings. The molecule has 1 aromatic heterocycles. The van der Waals surface area contributed by atoms with Gasteiger partial charge in [-0.25, -0.2) is 4.98 Å². The number of hydrogen-bond acceptors (Lipinski definition) is 3. The Labute approximate surface area is 164 Å². The minimum Gasteiger partial charge on any atom is -0.323 e. The van der Waals surface area contributed by atoms with Crippen LogP contribution in [-0.4, -0.2) is 28.5 Å². The molecule has 3 nitrogen and oxygen atoms in total. The van der Waals surface area contributed by atoms with Crippen LogP contribution < -0.4 is 0 Å². The second-order valence-corrected chi connectivity index (χ2v) is 8.19. The highest BCUT2D eigenvalue weighted by Crippen LogP contribution is 2.44. The number of benzene rings is 2. The van der Waals surface area contributed by atoms with E-state index in [-0.39, 0.29) is 11.1 Å². The quantitative estimate of drug-likeness (QED) is 0.589. The topological polar surface area (TPSA) is 33.2 Å². The molecule has 1 amide bonds. The first-order valence-electron chi connectivity index (χ1n) is 8.73. The van der Waals surface area contributed by atoms with Crippen LogP contribution in [0.15, 0.2) is 60.2 Å². The molecule has 0 atom stereocenters. The van der Waals surface area contributed by atoms with Gasteiger partial charge in [0, 0.05) is 0 Å². The van der Waals surface area contributed by atoms with E-state index in [1.165, 1.54) is 28.4 Å². The molecule has 1 aliphatic heterocycles. The van der Waals surface area contributed by atoms with E-state index < -0.39 is 29.7 Å². The van der Waals surface area contributed by atoms with Crippen molar-refractivity contribution in [3.63, 3.8) is 0 Å². The van der Waals surface area contributed by atoms with Gasteiger partial charge >= 0.3 is 6.18 Å². The summed E-state index contributed by atoms with van der Waals surface area (Å²) < 4.78 is 42.2. The molecule has 0 saturated carbocycles. The Kier molecular flexibility index (Phi) is 4.30. The van der Waals surface area contributed by atoms with Gasteiger partial charge in [-0.1, -0.05) is 42.5 Å². The van der Waals surface area contributed by atoms with Gasteiger partial charge in [-0.3, -0.25) is 4.79 Å². The van der Waals surface area contributed by atoms with Crippen LogP contribution in [0.25, 0.3) is 15.8 Å². The van der Waals surface area contributed by atoms with Gasteiger partial charge in [0.15, 0.2) is 0 Å². The van der Waals surface area contributed by atoms with Gasteiger partial charge in [-0.05, 0) is 31.5 Å². The number of aromatic nitrogens is 1. The number of fused-ring (bicyclic) bond motifs is 1.